The predicted molar refractivity (Wildman–Crippen MR) is 116 cm³/mol. The standard InChI is InChI=1S/C20H23ClN4O4S/c1-15(26)23-16-7-8-18(21)19(13-16)22-14-20(27)24-9-11-25(12-10-24)30(28,29)17-5-3-2-4-6-17/h2-8,13,22H,9-12,14H2,1H3,(H,23,26). The molecule has 0 aromatic heterocycles. The average Bonchev–Trinajstić information content (AvgIpc) is 2.74. The molecule has 1 fully saturated rings. The van der Waals surface area contributed by atoms with E-state index < -0.39 is 10.0 Å². The summed E-state index contributed by atoms with van der Waals surface area (Å²) in [5.74, 6) is -0.365. The van der Waals surface area contributed by atoms with E-state index in [2.05, 4.69) is 10.6 Å². The minimum absolute atomic E-state index is 0.00861. The number of hydrogen-bond acceptors (Lipinski definition) is 5. The van der Waals surface area contributed by atoms with E-state index in [1.165, 1.54) is 11.2 Å². The van der Waals surface area contributed by atoms with E-state index in [-0.39, 0.29) is 36.3 Å². The van der Waals surface area contributed by atoms with Crippen molar-refractivity contribution in [2.24, 2.45) is 0 Å². The topological polar surface area (TPSA) is 98.8 Å². The molecule has 160 valence electrons. The van der Waals surface area contributed by atoms with Crippen LogP contribution in [0.25, 0.3) is 0 Å². The van der Waals surface area contributed by atoms with Gasteiger partial charge in [-0.15, -0.1) is 0 Å². The number of nitrogens with zero attached hydrogens (tertiary/aromatic N) is 2. The first-order valence-electron chi connectivity index (χ1n) is 9.41. The number of amides is 2. The number of benzene rings is 2. The zero-order valence-electron chi connectivity index (χ0n) is 16.5. The van der Waals surface area contributed by atoms with Crippen LogP contribution in [-0.2, 0) is 19.6 Å². The normalized spacial score (nSPS) is 14.9. The summed E-state index contributed by atoms with van der Waals surface area (Å²) in [4.78, 5) is 25.6. The second kappa shape index (κ2) is 9.46. The minimum atomic E-state index is -3.56. The first-order valence-corrected chi connectivity index (χ1v) is 11.2. The van der Waals surface area contributed by atoms with Gasteiger partial charge in [-0.3, -0.25) is 9.59 Å². The highest BCUT2D eigenvalue weighted by atomic mass is 35.5. The van der Waals surface area contributed by atoms with Crippen LogP contribution in [0.2, 0.25) is 5.02 Å². The fourth-order valence-corrected chi connectivity index (χ4v) is 4.77. The predicted octanol–water partition coefficient (Wildman–Crippen LogP) is 2.24. The Morgan fingerprint density at radius 2 is 1.70 bits per heavy atom. The van der Waals surface area contributed by atoms with E-state index in [1.54, 1.807) is 53.4 Å². The Labute approximate surface area is 180 Å². The maximum absolute atomic E-state index is 12.7. The van der Waals surface area contributed by atoms with Gasteiger partial charge < -0.3 is 15.5 Å². The number of hydrogen-bond donors (Lipinski definition) is 2. The molecule has 2 aromatic rings. The average molecular weight is 451 g/mol. The second-order valence-corrected chi connectivity index (χ2v) is 9.17. The van der Waals surface area contributed by atoms with Crippen molar-refractivity contribution in [3.63, 3.8) is 0 Å². The van der Waals surface area contributed by atoms with Crippen molar-refractivity contribution in [2.45, 2.75) is 11.8 Å². The molecule has 30 heavy (non-hydrogen) atoms. The van der Waals surface area contributed by atoms with Gasteiger partial charge in [0.05, 0.1) is 22.2 Å². The van der Waals surface area contributed by atoms with Crippen LogP contribution in [0.15, 0.2) is 53.4 Å². The van der Waals surface area contributed by atoms with E-state index in [9.17, 15) is 18.0 Å². The monoisotopic (exact) mass is 450 g/mol. The lowest BCUT2D eigenvalue weighted by Gasteiger charge is -2.34. The molecule has 0 bridgehead atoms. The van der Waals surface area contributed by atoms with Crippen molar-refractivity contribution in [1.82, 2.24) is 9.21 Å². The Morgan fingerprint density at radius 3 is 2.33 bits per heavy atom. The lowest BCUT2D eigenvalue weighted by atomic mass is 10.2. The Morgan fingerprint density at radius 1 is 1.03 bits per heavy atom. The molecule has 1 aliphatic heterocycles. The lowest BCUT2D eigenvalue weighted by Crippen LogP contribution is -2.51. The van der Waals surface area contributed by atoms with Gasteiger partial charge in [-0.2, -0.15) is 4.31 Å². The summed E-state index contributed by atoms with van der Waals surface area (Å²) in [6.45, 7) is 2.51. The summed E-state index contributed by atoms with van der Waals surface area (Å²) in [6, 6.07) is 13.2. The van der Waals surface area contributed by atoms with Crippen LogP contribution >= 0.6 is 11.6 Å². The highest BCUT2D eigenvalue weighted by Gasteiger charge is 2.29. The summed E-state index contributed by atoms with van der Waals surface area (Å²) in [7, 11) is -3.56. The molecule has 0 aliphatic carbocycles. The van der Waals surface area contributed by atoms with Crippen LogP contribution in [0.4, 0.5) is 11.4 Å². The number of carbonyl (C=O) groups is 2. The van der Waals surface area contributed by atoms with E-state index in [4.69, 9.17) is 11.6 Å². The number of anilines is 2. The van der Waals surface area contributed by atoms with Crippen molar-refractivity contribution in [3.05, 3.63) is 53.6 Å². The Kier molecular flexibility index (Phi) is 6.96. The van der Waals surface area contributed by atoms with Gasteiger partial charge in [-0.1, -0.05) is 29.8 Å². The number of carbonyl (C=O) groups excluding carboxylic acids is 2. The minimum Gasteiger partial charge on any atom is -0.375 e. The molecule has 0 radical (unpaired) electrons. The van der Waals surface area contributed by atoms with Gasteiger partial charge in [0.15, 0.2) is 0 Å². The van der Waals surface area contributed by atoms with E-state index in [0.717, 1.165) is 0 Å². The van der Waals surface area contributed by atoms with Crippen LogP contribution in [0.3, 0.4) is 0 Å². The maximum atomic E-state index is 12.7. The Balaban J connectivity index is 1.56. The van der Waals surface area contributed by atoms with Crippen LogP contribution in [-0.4, -0.2) is 62.2 Å². The number of piperazine rings is 1. The molecular weight excluding hydrogens is 428 g/mol. The van der Waals surface area contributed by atoms with Crippen LogP contribution in [0.5, 0.6) is 0 Å². The van der Waals surface area contributed by atoms with Gasteiger partial charge in [-0.25, -0.2) is 8.42 Å². The van der Waals surface area contributed by atoms with Gasteiger partial charge in [0.2, 0.25) is 21.8 Å². The van der Waals surface area contributed by atoms with E-state index in [1.807, 2.05) is 0 Å². The molecule has 2 N–H and O–H groups in total. The van der Waals surface area contributed by atoms with Crippen molar-refractivity contribution >= 4 is 44.8 Å². The Bertz CT molecular complexity index is 1020. The zero-order valence-corrected chi connectivity index (χ0v) is 18.0. The van der Waals surface area contributed by atoms with Gasteiger partial charge >= 0.3 is 0 Å². The highest BCUT2D eigenvalue weighted by Crippen LogP contribution is 2.25. The smallest absolute Gasteiger partial charge is 0.243 e. The van der Waals surface area contributed by atoms with Gasteiger partial charge in [0.25, 0.3) is 0 Å². The van der Waals surface area contributed by atoms with Crippen LogP contribution < -0.4 is 10.6 Å². The molecule has 0 unspecified atom stereocenters. The molecule has 0 atom stereocenters. The molecule has 8 nitrogen and oxygen atoms in total. The molecule has 0 spiro atoms. The number of rotatable bonds is 6. The van der Waals surface area contributed by atoms with Crippen LogP contribution in [0, 0.1) is 0 Å². The van der Waals surface area contributed by atoms with E-state index in [0.29, 0.717) is 29.5 Å². The van der Waals surface area contributed by atoms with Crippen molar-refractivity contribution in [3.8, 4) is 0 Å². The molecule has 1 heterocycles. The third-order valence-electron chi connectivity index (χ3n) is 4.69. The number of sulfonamides is 1. The molecule has 1 aliphatic rings. The molecule has 1 saturated heterocycles. The molecule has 3 rings (SSSR count). The maximum Gasteiger partial charge on any atom is 0.243 e. The van der Waals surface area contributed by atoms with Crippen molar-refractivity contribution in [1.29, 1.82) is 0 Å². The first kappa shape index (κ1) is 22.1. The highest BCUT2D eigenvalue weighted by molar-refractivity contribution is 7.89. The summed E-state index contributed by atoms with van der Waals surface area (Å²) in [5, 5.41) is 6.07. The van der Waals surface area contributed by atoms with Gasteiger partial charge in [0, 0.05) is 38.8 Å². The molecular formula is C20H23ClN4O4S. The number of halogens is 1. The molecule has 10 heteroatoms. The SMILES string of the molecule is CC(=O)Nc1ccc(Cl)c(NCC(=O)N2CCN(S(=O)(=O)c3ccccc3)CC2)c1. The molecule has 0 saturated carbocycles. The third-order valence-corrected chi connectivity index (χ3v) is 6.93. The number of nitrogens with one attached hydrogen (secondary N) is 2. The summed E-state index contributed by atoms with van der Waals surface area (Å²) < 4.78 is 26.8. The molecule has 2 aromatic carbocycles. The van der Waals surface area contributed by atoms with Crippen molar-refractivity contribution in [2.75, 3.05) is 43.4 Å². The summed E-state index contributed by atoms with van der Waals surface area (Å²) >= 11 is 6.16. The van der Waals surface area contributed by atoms with Gasteiger partial charge in [0.1, 0.15) is 0 Å². The van der Waals surface area contributed by atoms with Crippen LogP contribution in [0.1, 0.15) is 6.92 Å². The van der Waals surface area contributed by atoms with Gasteiger partial charge in [-0.05, 0) is 30.3 Å². The van der Waals surface area contributed by atoms with Crippen molar-refractivity contribution < 1.29 is 18.0 Å². The molecule has 2 amide bonds. The second-order valence-electron chi connectivity index (χ2n) is 6.83. The third kappa shape index (κ3) is 5.29. The fraction of sp³-hybridized carbons (Fsp3) is 0.300. The quantitative estimate of drug-likeness (QED) is 0.703. The first-order chi connectivity index (χ1) is 14.3. The van der Waals surface area contributed by atoms with E-state index >= 15 is 0 Å². The Hall–Kier alpha value is -2.62. The summed E-state index contributed by atoms with van der Waals surface area (Å²) in [6.07, 6.45) is 0. The zero-order chi connectivity index (χ0) is 21.7. The lowest BCUT2D eigenvalue weighted by molar-refractivity contribution is -0.130. The fourth-order valence-electron chi connectivity index (χ4n) is 3.14. The summed E-state index contributed by atoms with van der Waals surface area (Å²) in [5.41, 5.74) is 1.10. The largest absolute Gasteiger partial charge is 0.375 e.